The van der Waals surface area contributed by atoms with Crippen molar-refractivity contribution in [3.63, 3.8) is 0 Å². The fraction of sp³-hybridized carbons (Fsp3) is 0.0833. The van der Waals surface area contributed by atoms with Gasteiger partial charge in [0.25, 0.3) is 0 Å². The highest BCUT2D eigenvalue weighted by Gasteiger charge is 2.12. The summed E-state index contributed by atoms with van der Waals surface area (Å²) in [7, 11) is 0. The first-order chi connectivity index (χ1) is 7.20. The molecular weight excluding hydrogens is 188 g/mol. The van der Waals surface area contributed by atoms with E-state index in [-0.39, 0.29) is 5.78 Å². The molecule has 1 aromatic heterocycles. The lowest BCUT2D eigenvalue weighted by Crippen LogP contribution is -2.05. The van der Waals surface area contributed by atoms with Gasteiger partial charge in [0.15, 0.2) is 0 Å². The highest BCUT2D eigenvalue weighted by atomic mass is 16.1. The van der Waals surface area contributed by atoms with Gasteiger partial charge in [0, 0.05) is 17.4 Å². The minimum Gasteiger partial charge on any atom is -0.398 e. The first-order valence-corrected chi connectivity index (χ1v) is 4.73. The number of nitrogen functional groups attached to an aromatic ring is 1. The molecule has 0 aliphatic rings. The van der Waals surface area contributed by atoms with E-state index in [9.17, 15) is 4.79 Å². The Labute approximate surface area is 87.9 Å². The van der Waals surface area contributed by atoms with E-state index in [2.05, 4.69) is 4.98 Å². The second kappa shape index (κ2) is 3.61. The summed E-state index contributed by atoms with van der Waals surface area (Å²) < 4.78 is 0. The molecule has 0 radical (unpaired) electrons. The van der Waals surface area contributed by atoms with Gasteiger partial charge in [-0.25, -0.2) is 0 Å². The Kier molecular flexibility index (Phi) is 2.29. The fourth-order valence-electron chi connectivity index (χ4n) is 1.52. The average Bonchev–Trinajstić information content (AvgIpc) is 2.74. The molecular formula is C12H12N2O. The van der Waals surface area contributed by atoms with Crippen molar-refractivity contribution < 1.29 is 4.79 Å². The van der Waals surface area contributed by atoms with Gasteiger partial charge in [0.1, 0.15) is 0 Å². The summed E-state index contributed by atoms with van der Waals surface area (Å²) in [6.45, 7) is 1.85. The molecule has 3 nitrogen and oxygen atoms in total. The van der Waals surface area contributed by atoms with Gasteiger partial charge in [-0.15, -0.1) is 0 Å². The first-order valence-electron chi connectivity index (χ1n) is 4.73. The molecule has 3 heteroatoms. The van der Waals surface area contributed by atoms with Crippen molar-refractivity contribution in [1.29, 1.82) is 0 Å². The van der Waals surface area contributed by atoms with Gasteiger partial charge in [-0.1, -0.05) is 12.1 Å². The summed E-state index contributed by atoms with van der Waals surface area (Å²) in [6.07, 6.45) is 1.73. The molecule has 0 saturated carbocycles. The molecule has 0 amide bonds. The van der Waals surface area contributed by atoms with E-state index in [1.54, 1.807) is 36.5 Å². The zero-order chi connectivity index (χ0) is 10.8. The lowest BCUT2D eigenvalue weighted by Gasteiger charge is -2.05. The summed E-state index contributed by atoms with van der Waals surface area (Å²) >= 11 is 0. The Balaban J connectivity index is 2.47. The normalized spacial score (nSPS) is 10.2. The van der Waals surface area contributed by atoms with Crippen LogP contribution in [0.4, 0.5) is 5.69 Å². The zero-order valence-corrected chi connectivity index (χ0v) is 8.45. The first kappa shape index (κ1) is 9.52. The van der Waals surface area contributed by atoms with Crippen molar-refractivity contribution in [1.82, 2.24) is 4.98 Å². The number of aromatic amines is 1. The maximum absolute atomic E-state index is 12.0. The Hall–Kier alpha value is -2.03. The molecule has 0 aliphatic heterocycles. The van der Waals surface area contributed by atoms with Crippen LogP contribution in [0.1, 0.15) is 21.6 Å². The van der Waals surface area contributed by atoms with Crippen molar-refractivity contribution in [2.24, 2.45) is 0 Å². The van der Waals surface area contributed by atoms with E-state index < -0.39 is 0 Å². The Morgan fingerprint density at radius 2 is 2.07 bits per heavy atom. The van der Waals surface area contributed by atoms with Gasteiger partial charge in [0.05, 0.1) is 5.69 Å². The number of nitrogens with one attached hydrogen (secondary N) is 1. The van der Waals surface area contributed by atoms with Gasteiger partial charge in [0.2, 0.25) is 5.78 Å². The highest BCUT2D eigenvalue weighted by Crippen LogP contribution is 2.18. The SMILES string of the molecule is Cc1c(N)cccc1C(=O)c1ccc[nH]1. The van der Waals surface area contributed by atoms with Gasteiger partial charge < -0.3 is 10.7 Å². The van der Waals surface area contributed by atoms with Crippen LogP contribution in [0.2, 0.25) is 0 Å². The van der Waals surface area contributed by atoms with Gasteiger partial charge in [-0.2, -0.15) is 0 Å². The topological polar surface area (TPSA) is 58.9 Å². The van der Waals surface area contributed by atoms with Crippen LogP contribution in [0, 0.1) is 6.92 Å². The number of hydrogen-bond donors (Lipinski definition) is 2. The van der Waals surface area contributed by atoms with Crippen LogP contribution in [0.3, 0.4) is 0 Å². The molecule has 1 aromatic carbocycles. The molecule has 0 atom stereocenters. The number of rotatable bonds is 2. The summed E-state index contributed by atoms with van der Waals surface area (Å²) in [6, 6.07) is 8.92. The summed E-state index contributed by atoms with van der Waals surface area (Å²) in [4.78, 5) is 14.9. The number of ketones is 1. The molecule has 1 heterocycles. The smallest absolute Gasteiger partial charge is 0.209 e. The predicted octanol–water partition coefficient (Wildman–Crippen LogP) is 2.14. The molecule has 15 heavy (non-hydrogen) atoms. The molecule has 76 valence electrons. The lowest BCUT2D eigenvalue weighted by atomic mass is 10.0. The van der Waals surface area contributed by atoms with Crippen molar-refractivity contribution in [2.45, 2.75) is 6.92 Å². The second-order valence-electron chi connectivity index (χ2n) is 3.43. The molecule has 2 aromatic rings. The number of H-pyrrole nitrogens is 1. The summed E-state index contributed by atoms with van der Waals surface area (Å²) in [5.74, 6) is -0.0233. The van der Waals surface area contributed by atoms with Gasteiger partial charge >= 0.3 is 0 Å². The minimum atomic E-state index is -0.0233. The van der Waals surface area contributed by atoms with E-state index in [0.29, 0.717) is 16.9 Å². The van der Waals surface area contributed by atoms with Crippen LogP contribution in [0.25, 0.3) is 0 Å². The number of nitrogens with two attached hydrogens (primary N) is 1. The van der Waals surface area contributed by atoms with E-state index >= 15 is 0 Å². The van der Waals surface area contributed by atoms with Crippen LogP contribution < -0.4 is 5.73 Å². The maximum Gasteiger partial charge on any atom is 0.209 e. The second-order valence-corrected chi connectivity index (χ2v) is 3.43. The number of benzene rings is 1. The molecule has 0 saturated heterocycles. The van der Waals surface area contributed by atoms with Crippen LogP contribution >= 0.6 is 0 Å². The minimum absolute atomic E-state index is 0.0233. The monoisotopic (exact) mass is 200 g/mol. The molecule has 0 fully saturated rings. The predicted molar refractivity (Wildman–Crippen MR) is 59.8 cm³/mol. The van der Waals surface area contributed by atoms with Gasteiger partial charge in [-0.05, 0) is 30.7 Å². The van der Waals surface area contributed by atoms with Crippen molar-refractivity contribution in [3.05, 3.63) is 53.3 Å². The summed E-state index contributed by atoms with van der Waals surface area (Å²) in [5.41, 5.74) is 8.46. The number of carbonyl (C=O) groups excluding carboxylic acids is 1. The van der Waals surface area contributed by atoms with Crippen LogP contribution in [-0.4, -0.2) is 10.8 Å². The van der Waals surface area contributed by atoms with E-state index in [1.165, 1.54) is 0 Å². The van der Waals surface area contributed by atoms with Crippen molar-refractivity contribution in [2.75, 3.05) is 5.73 Å². The zero-order valence-electron chi connectivity index (χ0n) is 8.45. The molecule has 0 spiro atoms. The number of aromatic nitrogens is 1. The molecule has 3 N–H and O–H groups in total. The maximum atomic E-state index is 12.0. The average molecular weight is 200 g/mol. The third-order valence-electron chi connectivity index (χ3n) is 2.46. The van der Waals surface area contributed by atoms with Crippen LogP contribution in [-0.2, 0) is 0 Å². The highest BCUT2D eigenvalue weighted by molar-refractivity contribution is 6.09. The van der Waals surface area contributed by atoms with Crippen LogP contribution in [0.5, 0.6) is 0 Å². The molecule has 0 aliphatic carbocycles. The van der Waals surface area contributed by atoms with E-state index in [0.717, 1.165) is 5.56 Å². The lowest BCUT2D eigenvalue weighted by molar-refractivity contribution is 0.103. The molecule has 0 bridgehead atoms. The Morgan fingerprint density at radius 1 is 1.27 bits per heavy atom. The van der Waals surface area contributed by atoms with Crippen molar-refractivity contribution >= 4 is 11.5 Å². The Bertz CT molecular complexity index is 486. The van der Waals surface area contributed by atoms with E-state index in [4.69, 9.17) is 5.73 Å². The summed E-state index contributed by atoms with van der Waals surface area (Å²) in [5, 5.41) is 0. The Morgan fingerprint density at radius 3 is 2.73 bits per heavy atom. The third-order valence-corrected chi connectivity index (χ3v) is 2.46. The number of carbonyl (C=O) groups is 1. The van der Waals surface area contributed by atoms with Crippen LogP contribution in [0.15, 0.2) is 36.5 Å². The molecule has 2 rings (SSSR count). The quantitative estimate of drug-likeness (QED) is 0.576. The third kappa shape index (κ3) is 1.64. The fourth-order valence-corrected chi connectivity index (χ4v) is 1.52. The largest absolute Gasteiger partial charge is 0.398 e. The standard InChI is InChI=1S/C12H12N2O/c1-8-9(4-2-5-10(8)13)12(15)11-6-3-7-14-11/h2-7,14H,13H2,1H3. The van der Waals surface area contributed by atoms with E-state index in [1.807, 2.05) is 6.92 Å². The molecule has 0 unspecified atom stereocenters. The number of anilines is 1. The van der Waals surface area contributed by atoms with Crippen molar-refractivity contribution in [3.8, 4) is 0 Å². The van der Waals surface area contributed by atoms with Gasteiger partial charge in [-0.3, -0.25) is 4.79 Å². The number of hydrogen-bond acceptors (Lipinski definition) is 2.